The molecule has 0 unspecified atom stereocenters. The number of rotatable bonds is 6. The van der Waals surface area contributed by atoms with E-state index in [0.717, 1.165) is 12.1 Å². The van der Waals surface area contributed by atoms with Crippen molar-refractivity contribution in [3.8, 4) is 5.69 Å². The van der Waals surface area contributed by atoms with Crippen molar-refractivity contribution < 1.29 is 4.79 Å². The van der Waals surface area contributed by atoms with E-state index in [-0.39, 0.29) is 11.8 Å². The van der Waals surface area contributed by atoms with Gasteiger partial charge in [0, 0.05) is 12.5 Å². The first-order chi connectivity index (χ1) is 12.6. The molecule has 1 heterocycles. The minimum absolute atomic E-state index is 0.191. The summed E-state index contributed by atoms with van der Waals surface area (Å²) in [7, 11) is 0. The van der Waals surface area contributed by atoms with Crippen LogP contribution in [0.5, 0.6) is 0 Å². The predicted molar refractivity (Wildman–Crippen MR) is 105 cm³/mol. The molecule has 1 aromatic heterocycles. The molecule has 0 aliphatic rings. The number of hydrogen-bond donors (Lipinski definition) is 1. The number of aryl methyl sites for hydroxylation is 1. The molecule has 0 fully saturated rings. The summed E-state index contributed by atoms with van der Waals surface area (Å²) in [5, 5.41) is 7.78. The molecule has 3 aromatic rings. The third-order valence-electron chi connectivity index (χ3n) is 4.50. The van der Waals surface area contributed by atoms with Gasteiger partial charge < -0.3 is 5.32 Å². The predicted octanol–water partition coefficient (Wildman–Crippen LogP) is 4.76. The number of nitrogens with zero attached hydrogens (tertiary/aromatic N) is 2. The summed E-state index contributed by atoms with van der Waals surface area (Å²) < 4.78 is 1.60. The molecule has 1 N–H and O–H groups in total. The summed E-state index contributed by atoms with van der Waals surface area (Å²) in [5.41, 5.74) is 3.09. The Bertz CT molecular complexity index is 875. The second-order valence-corrected chi connectivity index (χ2v) is 6.58. The van der Waals surface area contributed by atoms with E-state index in [1.807, 2.05) is 48.5 Å². The fraction of sp³-hybridized carbons (Fsp3) is 0.238. The third-order valence-corrected chi connectivity index (χ3v) is 4.85. The lowest BCUT2D eigenvalue weighted by molar-refractivity contribution is 0.0950. The number of amides is 1. The highest BCUT2D eigenvalue weighted by Crippen LogP contribution is 2.24. The van der Waals surface area contributed by atoms with Crippen LogP contribution in [0.4, 0.5) is 0 Å². The third kappa shape index (κ3) is 3.81. The topological polar surface area (TPSA) is 46.9 Å². The minimum Gasteiger partial charge on any atom is -0.351 e. The quantitative estimate of drug-likeness (QED) is 0.682. The molecule has 2 aromatic carbocycles. The fourth-order valence-corrected chi connectivity index (χ4v) is 3.38. The zero-order valence-corrected chi connectivity index (χ0v) is 15.7. The maximum absolute atomic E-state index is 12.7. The summed E-state index contributed by atoms with van der Waals surface area (Å²) in [4.78, 5) is 12.7. The van der Waals surface area contributed by atoms with Crippen LogP contribution in [0.2, 0.25) is 5.15 Å². The van der Waals surface area contributed by atoms with Gasteiger partial charge in [-0.3, -0.25) is 4.79 Å². The molecule has 0 bridgehead atoms. The molecule has 134 valence electrons. The number of aromatic nitrogens is 2. The van der Waals surface area contributed by atoms with Crippen molar-refractivity contribution in [1.82, 2.24) is 15.1 Å². The monoisotopic (exact) mass is 367 g/mol. The van der Waals surface area contributed by atoms with Crippen LogP contribution >= 0.6 is 11.6 Å². The molecule has 26 heavy (non-hydrogen) atoms. The molecular formula is C21H22ClN3O. The van der Waals surface area contributed by atoms with Crippen LogP contribution in [-0.4, -0.2) is 22.2 Å². The Kier molecular flexibility index (Phi) is 5.74. The number of para-hydroxylation sites is 1. The van der Waals surface area contributed by atoms with Crippen LogP contribution < -0.4 is 5.32 Å². The average molecular weight is 368 g/mol. The first-order valence-corrected chi connectivity index (χ1v) is 9.13. The van der Waals surface area contributed by atoms with Crippen LogP contribution in [0, 0.1) is 6.92 Å². The van der Waals surface area contributed by atoms with E-state index in [9.17, 15) is 4.79 Å². The highest BCUT2D eigenvalue weighted by Gasteiger charge is 2.21. The number of nitrogens with one attached hydrogen (secondary N) is 1. The van der Waals surface area contributed by atoms with Crippen LogP contribution in [0.3, 0.4) is 0 Å². The van der Waals surface area contributed by atoms with E-state index in [0.29, 0.717) is 23.0 Å². The lowest BCUT2D eigenvalue weighted by atomic mass is 9.96. The highest BCUT2D eigenvalue weighted by molar-refractivity contribution is 6.33. The smallest absolute Gasteiger partial charge is 0.256 e. The van der Waals surface area contributed by atoms with Gasteiger partial charge in [0.05, 0.1) is 16.9 Å². The van der Waals surface area contributed by atoms with Gasteiger partial charge in [0.25, 0.3) is 5.91 Å². The van der Waals surface area contributed by atoms with Crippen molar-refractivity contribution in [3.63, 3.8) is 0 Å². The van der Waals surface area contributed by atoms with Crippen molar-refractivity contribution in [2.45, 2.75) is 26.2 Å². The van der Waals surface area contributed by atoms with E-state index in [4.69, 9.17) is 11.6 Å². The van der Waals surface area contributed by atoms with E-state index in [2.05, 4.69) is 29.5 Å². The largest absolute Gasteiger partial charge is 0.351 e. The number of carbonyl (C=O) groups is 1. The molecular weight excluding hydrogens is 346 g/mol. The SMILES string of the molecule is CC[C@@H](CNC(=O)c1c(C)nn(-c2ccccc2)c1Cl)c1ccccc1. The van der Waals surface area contributed by atoms with Crippen LogP contribution in [0.25, 0.3) is 5.69 Å². The lowest BCUT2D eigenvalue weighted by Gasteiger charge is -2.16. The average Bonchev–Trinajstić information content (AvgIpc) is 2.98. The van der Waals surface area contributed by atoms with Crippen LogP contribution in [0.1, 0.15) is 40.9 Å². The number of halogens is 1. The maximum Gasteiger partial charge on any atom is 0.256 e. The van der Waals surface area contributed by atoms with Gasteiger partial charge in [-0.15, -0.1) is 0 Å². The van der Waals surface area contributed by atoms with Gasteiger partial charge in [-0.2, -0.15) is 5.10 Å². The molecule has 0 radical (unpaired) electrons. The first-order valence-electron chi connectivity index (χ1n) is 8.75. The van der Waals surface area contributed by atoms with Crippen molar-refractivity contribution in [1.29, 1.82) is 0 Å². The van der Waals surface area contributed by atoms with Gasteiger partial charge in [0.15, 0.2) is 0 Å². The molecule has 1 amide bonds. The summed E-state index contributed by atoms with van der Waals surface area (Å²) in [6.07, 6.45) is 0.945. The first kappa shape index (κ1) is 18.2. The Morgan fingerprint density at radius 3 is 2.35 bits per heavy atom. The second kappa shape index (κ2) is 8.19. The standard InChI is InChI=1S/C21H22ClN3O/c1-3-16(17-10-6-4-7-11-17)14-23-21(26)19-15(2)24-25(20(19)22)18-12-8-5-9-13-18/h4-13,16H,3,14H2,1-2H3,(H,23,26)/t16-/m0/s1. The normalized spacial score (nSPS) is 12.0. The Balaban J connectivity index is 1.77. The van der Waals surface area contributed by atoms with Crippen molar-refractivity contribution in [3.05, 3.63) is 82.6 Å². The van der Waals surface area contributed by atoms with Crippen LogP contribution in [0.15, 0.2) is 60.7 Å². The van der Waals surface area contributed by atoms with E-state index >= 15 is 0 Å². The Labute approximate surface area is 158 Å². The zero-order chi connectivity index (χ0) is 18.5. The Morgan fingerprint density at radius 1 is 1.12 bits per heavy atom. The van der Waals surface area contributed by atoms with Crippen molar-refractivity contribution in [2.24, 2.45) is 0 Å². The summed E-state index contributed by atoms with van der Waals surface area (Å²) in [6.45, 7) is 4.48. The van der Waals surface area contributed by atoms with Gasteiger partial charge in [-0.1, -0.05) is 67.1 Å². The van der Waals surface area contributed by atoms with Gasteiger partial charge >= 0.3 is 0 Å². The number of carbonyl (C=O) groups excluding carboxylic acids is 1. The molecule has 0 spiro atoms. The zero-order valence-electron chi connectivity index (χ0n) is 14.9. The van der Waals surface area contributed by atoms with Gasteiger partial charge in [-0.25, -0.2) is 4.68 Å². The fourth-order valence-electron chi connectivity index (χ4n) is 3.02. The molecule has 5 heteroatoms. The maximum atomic E-state index is 12.7. The van der Waals surface area contributed by atoms with Gasteiger partial charge in [0.2, 0.25) is 0 Å². The molecule has 1 atom stereocenters. The van der Waals surface area contributed by atoms with Gasteiger partial charge in [-0.05, 0) is 31.0 Å². The number of benzene rings is 2. The van der Waals surface area contributed by atoms with E-state index in [1.54, 1.807) is 11.6 Å². The van der Waals surface area contributed by atoms with Gasteiger partial charge in [0.1, 0.15) is 5.15 Å². The molecule has 0 aliphatic heterocycles. The Hall–Kier alpha value is -2.59. The van der Waals surface area contributed by atoms with Crippen molar-refractivity contribution >= 4 is 17.5 Å². The number of hydrogen-bond acceptors (Lipinski definition) is 2. The minimum atomic E-state index is -0.191. The second-order valence-electron chi connectivity index (χ2n) is 6.22. The van der Waals surface area contributed by atoms with Crippen molar-refractivity contribution in [2.75, 3.05) is 6.54 Å². The summed E-state index contributed by atoms with van der Waals surface area (Å²) in [5.74, 6) is 0.0764. The lowest BCUT2D eigenvalue weighted by Crippen LogP contribution is -2.28. The van der Waals surface area contributed by atoms with E-state index < -0.39 is 0 Å². The molecule has 0 saturated heterocycles. The Morgan fingerprint density at radius 2 is 1.73 bits per heavy atom. The van der Waals surface area contributed by atoms with E-state index in [1.165, 1.54) is 5.56 Å². The summed E-state index contributed by atoms with van der Waals surface area (Å²) in [6, 6.07) is 19.8. The molecule has 0 aliphatic carbocycles. The highest BCUT2D eigenvalue weighted by atomic mass is 35.5. The molecule has 0 saturated carbocycles. The molecule has 3 rings (SSSR count). The molecule has 4 nitrogen and oxygen atoms in total. The summed E-state index contributed by atoms with van der Waals surface area (Å²) >= 11 is 6.46. The van der Waals surface area contributed by atoms with Crippen LogP contribution in [-0.2, 0) is 0 Å².